The molecule has 1 saturated heterocycles. The molecular formula is C26H32N8O. The SMILES string of the molecule is COc1cc(-c2cn(Cc3ccc(N4CCCC(NCC5CCC5)C4)cn3)nn2)c2cn[nH]c2c1. The summed E-state index contributed by atoms with van der Waals surface area (Å²) in [6.07, 6.45) is 12.4. The van der Waals surface area contributed by atoms with Crippen LogP contribution in [0.15, 0.2) is 42.9 Å². The Labute approximate surface area is 204 Å². The molecule has 0 spiro atoms. The first-order chi connectivity index (χ1) is 17.2. The Bertz CT molecular complexity index is 1280. The summed E-state index contributed by atoms with van der Waals surface area (Å²) < 4.78 is 7.26. The first-order valence-corrected chi connectivity index (χ1v) is 12.6. The molecule has 0 bridgehead atoms. The van der Waals surface area contributed by atoms with Gasteiger partial charge >= 0.3 is 0 Å². The molecule has 2 fully saturated rings. The number of pyridine rings is 1. The molecule has 1 aliphatic heterocycles. The van der Waals surface area contributed by atoms with Gasteiger partial charge in [-0.1, -0.05) is 11.6 Å². The second kappa shape index (κ2) is 9.65. The molecule has 3 aromatic heterocycles. The molecule has 182 valence electrons. The third-order valence-corrected chi connectivity index (χ3v) is 7.42. The van der Waals surface area contributed by atoms with E-state index in [1.54, 1.807) is 13.3 Å². The normalized spacial score (nSPS) is 18.7. The molecule has 9 heteroatoms. The summed E-state index contributed by atoms with van der Waals surface area (Å²) >= 11 is 0. The minimum Gasteiger partial charge on any atom is -0.497 e. The fourth-order valence-electron chi connectivity index (χ4n) is 5.13. The molecule has 2 N–H and O–H groups in total. The highest BCUT2D eigenvalue weighted by atomic mass is 16.5. The van der Waals surface area contributed by atoms with E-state index in [-0.39, 0.29) is 0 Å². The number of nitrogens with one attached hydrogen (secondary N) is 2. The average molecular weight is 473 g/mol. The van der Waals surface area contributed by atoms with Gasteiger partial charge in [-0.15, -0.1) is 5.10 Å². The van der Waals surface area contributed by atoms with Gasteiger partial charge < -0.3 is 15.0 Å². The maximum absolute atomic E-state index is 5.44. The van der Waals surface area contributed by atoms with Crippen LogP contribution in [0.2, 0.25) is 0 Å². The van der Waals surface area contributed by atoms with Crippen LogP contribution in [0.3, 0.4) is 0 Å². The van der Waals surface area contributed by atoms with Crippen molar-refractivity contribution in [3.63, 3.8) is 0 Å². The van der Waals surface area contributed by atoms with E-state index in [2.05, 4.69) is 42.9 Å². The monoisotopic (exact) mass is 472 g/mol. The number of hydrogen-bond donors (Lipinski definition) is 2. The van der Waals surface area contributed by atoms with Crippen molar-refractivity contribution in [3.05, 3.63) is 48.5 Å². The lowest BCUT2D eigenvalue weighted by Gasteiger charge is -2.36. The minimum atomic E-state index is 0.567. The van der Waals surface area contributed by atoms with Gasteiger partial charge in [-0.2, -0.15) is 5.10 Å². The van der Waals surface area contributed by atoms with Crippen LogP contribution in [-0.2, 0) is 6.54 Å². The standard InChI is InChI=1S/C26H32N8O/c1-35-22-10-23(24-14-29-30-25(24)11-22)26-17-34(32-31-26)16-20-7-8-21(13-28-20)33-9-3-6-19(15-33)27-12-18-4-2-5-18/h7-8,10-11,13-14,17-19,27H,2-6,9,12,15-16H2,1H3,(H,29,30). The van der Waals surface area contributed by atoms with E-state index in [0.717, 1.165) is 52.6 Å². The summed E-state index contributed by atoms with van der Waals surface area (Å²) in [7, 11) is 1.66. The number of benzene rings is 1. The van der Waals surface area contributed by atoms with Gasteiger partial charge in [0.1, 0.15) is 11.4 Å². The van der Waals surface area contributed by atoms with Gasteiger partial charge in [-0.25, -0.2) is 4.68 Å². The number of piperidine rings is 1. The molecule has 2 aliphatic rings. The quantitative estimate of drug-likeness (QED) is 0.404. The lowest BCUT2D eigenvalue weighted by molar-refractivity contribution is 0.280. The molecular weight excluding hydrogens is 440 g/mol. The van der Waals surface area contributed by atoms with Crippen molar-refractivity contribution in [2.75, 3.05) is 31.6 Å². The van der Waals surface area contributed by atoms with Crippen molar-refractivity contribution in [3.8, 4) is 17.0 Å². The lowest BCUT2D eigenvalue weighted by Crippen LogP contribution is -2.47. The first-order valence-electron chi connectivity index (χ1n) is 12.6. The van der Waals surface area contributed by atoms with Crippen molar-refractivity contribution in [2.45, 2.75) is 44.7 Å². The van der Waals surface area contributed by atoms with Gasteiger partial charge in [0.25, 0.3) is 0 Å². The van der Waals surface area contributed by atoms with Gasteiger partial charge in [0.2, 0.25) is 0 Å². The number of methoxy groups -OCH3 is 1. The van der Waals surface area contributed by atoms with Gasteiger partial charge in [-0.3, -0.25) is 10.1 Å². The predicted molar refractivity (Wildman–Crippen MR) is 136 cm³/mol. The smallest absolute Gasteiger partial charge is 0.121 e. The molecule has 35 heavy (non-hydrogen) atoms. The maximum Gasteiger partial charge on any atom is 0.121 e. The molecule has 6 rings (SSSR count). The second-order valence-electron chi connectivity index (χ2n) is 9.81. The zero-order valence-electron chi connectivity index (χ0n) is 20.2. The number of aromatic amines is 1. The number of H-pyrrole nitrogens is 1. The summed E-state index contributed by atoms with van der Waals surface area (Å²) in [5.41, 5.74) is 4.78. The zero-order valence-corrected chi connectivity index (χ0v) is 20.2. The third-order valence-electron chi connectivity index (χ3n) is 7.42. The number of nitrogens with zero attached hydrogens (tertiary/aromatic N) is 6. The number of hydrogen-bond acceptors (Lipinski definition) is 7. The molecule has 4 heterocycles. The molecule has 1 atom stereocenters. The minimum absolute atomic E-state index is 0.567. The molecule has 4 aromatic rings. The van der Waals surface area contributed by atoms with Gasteiger partial charge in [0, 0.05) is 36.1 Å². The van der Waals surface area contributed by atoms with Crippen LogP contribution >= 0.6 is 0 Å². The Kier molecular flexibility index (Phi) is 6.08. The number of anilines is 1. The number of rotatable bonds is 8. The fourth-order valence-corrected chi connectivity index (χ4v) is 5.13. The predicted octanol–water partition coefficient (Wildman–Crippen LogP) is 3.63. The number of ether oxygens (including phenoxy) is 1. The van der Waals surface area contributed by atoms with Crippen LogP contribution in [0.1, 0.15) is 37.8 Å². The number of aromatic nitrogens is 6. The van der Waals surface area contributed by atoms with Crippen molar-refractivity contribution < 1.29 is 4.74 Å². The third kappa shape index (κ3) is 4.73. The Morgan fingerprint density at radius 1 is 1.14 bits per heavy atom. The van der Waals surface area contributed by atoms with E-state index in [4.69, 9.17) is 9.72 Å². The number of fused-ring (bicyclic) bond motifs is 1. The molecule has 1 aromatic carbocycles. The van der Waals surface area contributed by atoms with Crippen LogP contribution in [0.4, 0.5) is 5.69 Å². The summed E-state index contributed by atoms with van der Waals surface area (Å²) in [5, 5.41) is 20.7. The molecule has 1 unspecified atom stereocenters. The van der Waals surface area contributed by atoms with E-state index in [1.165, 1.54) is 44.3 Å². The Hall–Kier alpha value is -3.46. The van der Waals surface area contributed by atoms with E-state index < -0.39 is 0 Å². The van der Waals surface area contributed by atoms with Crippen LogP contribution < -0.4 is 15.0 Å². The molecule has 1 aliphatic carbocycles. The topological polar surface area (TPSA) is 96.8 Å². The Morgan fingerprint density at radius 3 is 2.89 bits per heavy atom. The molecule has 1 saturated carbocycles. The van der Waals surface area contributed by atoms with E-state index in [9.17, 15) is 0 Å². The van der Waals surface area contributed by atoms with E-state index >= 15 is 0 Å². The van der Waals surface area contributed by atoms with Crippen molar-refractivity contribution in [2.24, 2.45) is 5.92 Å². The Balaban J connectivity index is 1.11. The zero-order chi connectivity index (χ0) is 23.6. The largest absolute Gasteiger partial charge is 0.497 e. The summed E-state index contributed by atoms with van der Waals surface area (Å²) in [5.74, 6) is 1.65. The van der Waals surface area contributed by atoms with Crippen LogP contribution in [0.5, 0.6) is 5.75 Å². The van der Waals surface area contributed by atoms with Crippen LogP contribution in [-0.4, -0.2) is 63.0 Å². The Morgan fingerprint density at radius 2 is 2.09 bits per heavy atom. The second-order valence-corrected chi connectivity index (χ2v) is 9.81. The summed E-state index contributed by atoms with van der Waals surface area (Å²) in [6.45, 7) is 3.90. The summed E-state index contributed by atoms with van der Waals surface area (Å²) in [6, 6.07) is 8.76. The van der Waals surface area contributed by atoms with Gasteiger partial charge in [-0.05, 0) is 56.3 Å². The van der Waals surface area contributed by atoms with Crippen molar-refractivity contribution in [1.29, 1.82) is 0 Å². The highest BCUT2D eigenvalue weighted by Crippen LogP contribution is 2.31. The first kappa shape index (κ1) is 22.0. The highest BCUT2D eigenvalue weighted by molar-refractivity contribution is 5.94. The molecule has 9 nitrogen and oxygen atoms in total. The fraction of sp³-hybridized carbons (Fsp3) is 0.462. The summed E-state index contributed by atoms with van der Waals surface area (Å²) in [4.78, 5) is 7.20. The molecule has 0 radical (unpaired) electrons. The highest BCUT2D eigenvalue weighted by Gasteiger charge is 2.23. The average Bonchev–Trinajstić information content (AvgIpc) is 3.53. The van der Waals surface area contributed by atoms with Gasteiger partial charge in [0.15, 0.2) is 0 Å². The lowest BCUT2D eigenvalue weighted by atomic mass is 9.85. The van der Waals surface area contributed by atoms with Gasteiger partial charge in [0.05, 0.1) is 49.1 Å². The van der Waals surface area contributed by atoms with E-state index in [1.807, 2.05) is 29.2 Å². The van der Waals surface area contributed by atoms with Crippen LogP contribution in [0, 0.1) is 5.92 Å². The maximum atomic E-state index is 5.44. The van der Waals surface area contributed by atoms with E-state index in [0.29, 0.717) is 12.6 Å². The van der Waals surface area contributed by atoms with Crippen molar-refractivity contribution >= 4 is 16.6 Å². The molecule has 0 amide bonds. The van der Waals surface area contributed by atoms with Crippen LogP contribution in [0.25, 0.3) is 22.2 Å². The van der Waals surface area contributed by atoms with Crippen molar-refractivity contribution in [1.82, 2.24) is 35.5 Å².